The first-order valence-corrected chi connectivity index (χ1v) is 7.46. The van der Waals surface area contributed by atoms with Gasteiger partial charge in [0.2, 0.25) is 5.91 Å². The maximum absolute atomic E-state index is 11.3. The monoisotopic (exact) mass is 301 g/mol. The molecule has 0 atom stereocenters. The highest BCUT2D eigenvalue weighted by Gasteiger charge is 2.10. The number of methoxy groups -OCH3 is 1. The van der Waals surface area contributed by atoms with E-state index in [1.807, 2.05) is 25.1 Å². The molecular weight excluding hydrogens is 278 g/mol. The number of carbonyl (C=O) groups excluding carboxylic acids is 1. The minimum absolute atomic E-state index is 0.0852. The van der Waals surface area contributed by atoms with Gasteiger partial charge in [0.05, 0.1) is 11.0 Å². The van der Waals surface area contributed by atoms with Crippen LogP contribution in [0.15, 0.2) is 36.4 Å². The van der Waals surface area contributed by atoms with E-state index in [1.54, 1.807) is 0 Å². The van der Waals surface area contributed by atoms with Crippen LogP contribution in [0.1, 0.15) is 19.2 Å². The number of hydrogen-bond donors (Lipinski definition) is 1. The molecule has 1 heterocycles. The molecule has 118 valence electrons. The predicted octanol–water partition coefficient (Wildman–Crippen LogP) is 2.31. The summed E-state index contributed by atoms with van der Waals surface area (Å²) in [5.41, 5.74) is 3.23. The number of benzene rings is 1. The molecule has 2 aromatic rings. The fourth-order valence-corrected chi connectivity index (χ4v) is 2.42. The van der Waals surface area contributed by atoms with Gasteiger partial charge in [0.25, 0.3) is 0 Å². The Bertz CT molecular complexity index is 661. The molecule has 5 heteroatoms. The van der Waals surface area contributed by atoms with Crippen LogP contribution in [0, 0.1) is 0 Å². The highest BCUT2D eigenvalue weighted by atomic mass is 16.5. The third-order valence-corrected chi connectivity index (χ3v) is 3.34. The number of aromatic nitrogens is 2. The molecule has 0 aliphatic heterocycles. The summed E-state index contributed by atoms with van der Waals surface area (Å²) in [5, 5.41) is 2.83. The first kappa shape index (κ1) is 16.2. The van der Waals surface area contributed by atoms with Crippen molar-refractivity contribution in [1.82, 2.24) is 14.9 Å². The molecular formula is C17H23N3O2. The highest BCUT2D eigenvalue weighted by molar-refractivity contribution is 5.77. The van der Waals surface area contributed by atoms with Gasteiger partial charge < -0.3 is 14.6 Å². The Kier molecular flexibility index (Phi) is 5.72. The van der Waals surface area contributed by atoms with Gasteiger partial charge in [0.1, 0.15) is 12.4 Å². The zero-order valence-corrected chi connectivity index (χ0v) is 13.3. The van der Waals surface area contributed by atoms with E-state index < -0.39 is 0 Å². The lowest BCUT2D eigenvalue weighted by Gasteiger charge is -2.09. The van der Waals surface area contributed by atoms with Crippen molar-refractivity contribution in [1.29, 1.82) is 0 Å². The van der Waals surface area contributed by atoms with E-state index in [2.05, 4.69) is 22.5 Å². The van der Waals surface area contributed by atoms with Crippen molar-refractivity contribution in [2.45, 2.75) is 26.3 Å². The number of allylic oxidation sites excluding steroid dienone is 1. The Morgan fingerprint density at radius 2 is 2.18 bits per heavy atom. The molecule has 5 nitrogen and oxygen atoms in total. The van der Waals surface area contributed by atoms with Crippen molar-refractivity contribution >= 4 is 16.9 Å². The van der Waals surface area contributed by atoms with Gasteiger partial charge >= 0.3 is 0 Å². The number of ether oxygens (including phenoxy) is 1. The second-order valence-electron chi connectivity index (χ2n) is 5.45. The number of aryl methyl sites for hydroxylation is 1. The summed E-state index contributed by atoms with van der Waals surface area (Å²) >= 11 is 0. The minimum Gasteiger partial charge on any atom is -0.375 e. The second-order valence-corrected chi connectivity index (χ2v) is 5.45. The largest absolute Gasteiger partial charge is 0.375 e. The van der Waals surface area contributed by atoms with Crippen LogP contribution in [0.2, 0.25) is 0 Å². The lowest BCUT2D eigenvalue weighted by atomic mass is 10.2. The molecule has 0 aliphatic rings. The summed E-state index contributed by atoms with van der Waals surface area (Å²) in [4.78, 5) is 16.0. The van der Waals surface area contributed by atoms with Crippen molar-refractivity contribution in [3.05, 3.63) is 42.2 Å². The van der Waals surface area contributed by atoms with E-state index in [-0.39, 0.29) is 12.5 Å². The molecule has 1 aromatic heterocycles. The quantitative estimate of drug-likeness (QED) is 0.601. The maximum atomic E-state index is 11.3. The average molecular weight is 301 g/mol. The molecule has 22 heavy (non-hydrogen) atoms. The van der Waals surface area contributed by atoms with Gasteiger partial charge in [0, 0.05) is 26.6 Å². The number of imidazole rings is 1. The van der Waals surface area contributed by atoms with Crippen molar-refractivity contribution < 1.29 is 9.53 Å². The van der Waals surface area contributed by atoms with E-state index in [1.165, 1.54) is 7.11 Å². The zero-order valence-electron chi connectivity index (χ0n) is 13.3. The standard InChI is InChI=1S/C17H23N3O2/c1-13(2)11-20-15-8-5-4-7-14(15)19-16(20)9-6-10-18-17(21)12-22-3/h4-5,7-8H,1,6,9-12H2,2-3H3,(H,18,21). The third kappa shape index (κ3) is 4.18. The van der Waals surface area contributed by atoms with E-state index in [9.17, 15) is 4.79 Å². The molecule has 1 N–H and O–H groups in total. The smallest absolute Gasteiger partial charge is 0.245 e. The van der Waals surface area contributed by atoms with E-state index in [0.29, 0.717) is 6.54 Å². The van der Waals surface area contributed by atoms with Crippen LogP contribution in [0.3, 0.4) is 0 Å². The number of nitrogens with zero attached hydrogens (tertiary/aromatic N) is 2. The Hall–Kier alpha value is -2.14. The lowest BCUT2D eigenvalue weighted by Crippen LogP contribution is -2.28. The summed E-state index contributed by atoms with van der Waals surface area (Å²) in [5.74, 6) is 0.947. The van der Waals surface area contributed by atoms with Crippen LogP contribution in [0.5, 0.6) is 0 Å². The minimum atomic E-state index is -0.0852. The van der Waals surface area contributed by atoms with Gasteiger partial charge in [-0.05, 0) is 25.5 Å². The Labute approximate surface area is 131 Å². The fraction of sp³-hybridized carbons (Fsp3) is 0.412. The zero-order chi connectivity index (χ0) is 15.9. The van der Waals surface area contributed by atoms with Crippen LogP contribution in [0.25, 0.3) is 11.0 Å². The summed E-state index contributed by atoms with van der Waals surface area (Å²) in [7, 11) is 1.51. The second kappa shape index (κ2) is 7.75. The summed E-state index contributed by atoms with van der Waals surface area (Å²) in [6.45, 7) is 7.51. The normalized spacial score (nSPS) is 10.8. The van der Waals surface area contributed by atoms with Gasteiger partial charge in [-0.2, -0.15) is 0 Å². The molecule has 0 bridgehead atoms. The molecule has 0 spiro atoms. The number of rotatable bonds is 8. The summed E-state index contributed by atoms with van der Waals surface area (Å²) in [6, 6.07) is 8.12. The van der Waals surface area contributed by atoms with Gasteiger partial charge in [0.15, 0.2) is 0 Å². The molecule has 0 unspecified atom stereocenters. The van der Waals surface area contributed by atoms with E-state index >= 15 is 0 Å². The number of carbonyl (C=O) groups is 1. The molecule has 1 aromatic carbocycles. The van der Waals surface area contributed by atoms with Crippen LogP contribution < -0.4 is 5.32 Å². The SMILES string of the molecule is C=C(C)Cn1c(CCCNC(=O)COC)nc2ccccc21. The Morgan fingerprint density at radius 3 is 2.91 bits per heavy atom. The lowest BCUT2D eigenvalue weighted by molar-refractivity contribution is -0.124. The number of nitrogens with one attached hydrogen (secondary N) is 1. The van der Waals surface area contributed by atoms with Crippen molar-refractivity contribution in [2.24, 2.45) is 0 Å². The number of amides is 1. The first-order valence-electron chi connectivity index (χ1n) is 7.46. The van der Waals surface area contributed by atoms with Gasteiger partial charge in [-0.1, -0.05) is 24.3 Å². The summed E-state index contributed by atoms with van der Waals surface area (Å²) in [6.07, 6.45) is 1.66. The number of hydrogen-bond acceptors (Lipinski definition) is 3. The fourth-order valence-electron chi connectivity index (χ4n) is 2.42. The van der Waals surface area contributed by atoms with E-state index in [0.717, 1.165) is 41.8 Å². The Balaban J connectivity index is 2.03. The van der Waals surface area contributed by atoms with Crippen molar-refractivity contribution in [2.75, 3.05) is 20.3 Å². The molecule has 0 fully saturated rings. The van der Waals surface area contributed by atoms with Gasteiger partial charge in [-0.25, -0.2) is 4.98 Å². The molecule has 2 rings (SSSR count). The summed E-state index contributed by atoms with van der Waals surface area (Å²) < 4.78 is 6.99. The maximum Gasteiger partial charge on any atom is 0.245 e. The highest BCUT2D eigenvalue weighted by Crippen LogP contribution is 2.18. The molecule has 0 radical (unpaired) electrons. The predicted molar refractivity (Wildman–Crippen MR) is 87.8 cm³/mol. The van der Waals surface area contributed by atoms with Crippen molar-refractivity contribution in [3.63, 3.8) is 0 Å². The van der Waals surface area contributed by atoms with E-state index in [4.69, 9.17) is 9.72 Å². The van der Waals surface area contributed by atoms with Crippen LogP contribution in [-0.4, -0.2) is 35.7 Å². The van der Waals surface area contributed by atoms with Crippen molar-refractivity contribution in [3.8, 4) is 0 Å². The van der Waals surface area contributed by atoms with Crippen LogP contribution >= 0.6 is 0 Å². The average Bonchev–Trinajstić information content (AvgIpc) is 2.81. The topological polar surface area (TPSA) is 56.2 Å². The Morgan fingerprint density at radius 1 is 1.41 bits per heavy atom. The van der Waals surface area contributed by atoms with Crippen LogP contribution in [-0.2, 0) is 22.5 Å². The molecule has 0 aliphatic carbocycles. The number of fused-ring (bicyclic) bond motifs is 1. The van der Waals surface area contributed by atoms with Gasteiger partial charge in [-0.15, -0.1) is 0 Å². The van der Waals surface area contributed by atoms with Gasteiger partial charge in [-0.3, -0.25) is 4.79 Å². The molecule has 0 saturated carbocycles. The third-order valence-electron chi connectivity index (χ3n) is 3.34. The molecule has 0 saturated heterocycles. The van der Waals surface area contributed by atoms with Crippen LogP contribution in [0.4, 0.5) is 0 Å². The first-order chi connectivity index (χ1) is 10.6. The molecule has 1 amide bonds. The number of para-hydroxylation sites is 2.